The van der Waals surface area contributed by atoms with Gasteiger partial charge in [0, 0.05) is 30.6 Å². The number of hydrogen-bond donors (Lipinski definition) is 1. The van der Waals surface area contributed by atoms with Gasteiger partial charge in [-0.3, -0.25) is 0 Å². The molecule has 2 atom stereocenters. The molecule has 1 N–H and O–H groups in total. The Balaban J connectivity index is 2.04. The van der Waals surface area contributed by atoms with Crippen molar-refractivity contribution in [3.05, 3.63) is 16.6 Å². The lowest BCUT2D eigenvalue weighted by molar-refractivity contribution is -0.0881. The summed E-state index contributed by atoms with van der Waals surface area (Å²) >= 11 is 1.73. The van der Waals surface area contributed by atoms with Crippen LogP contribution >= 0.6 is 11.3 Å². The Bertz CT molecular complexity index is 320. The fraction of sp³-hybridized carbons (Fsp3) is 0.769. The van der Waals surface area contributed by atoms with Crippen LogP contribution in [0.2, 0.25) is 0 Å². The van der Waals surface area contributed by atoms with Gasteiger partial charge in [0.2, 0.25) is 0 Å². The number of thiazole rings is 1. The van der Waals surface area contributed by atoms with Crippen LogP contribution in [-0.2, 0) is 11.2 Å². The van der Waals surface area contributed by atoms with Gasteiger partial charge in [-0.05, 0) is 32.7 Å². The molecule has 1 saturated heterocycles. The van der Waals surface area contributed by atoms with Crippen molar-refractivity contribution < 1.29 is 4.74 Å². The van der Waals surface area contributed by atoms with Crippen LogP contribution in [0.25, 0.3) is 0 Å². The predicted octanol–water partition coefficient (Wildman–Crippen LogP) is 2.62. The van der Waals surface area contributed by atoms with Crippen LogP contribution < -0.4 is 5.32 Å². The van der Waals surface area contributed by atoms with Gasteiger partial charge in [0.05, 0.1) is 10.6 Å². The summed E-state index contributed by atoms with van der Waals surface area (Å²) in [6.07, 6.45) is 6.48. The van der Waals surface area contributed by atoms with Crippen molar-refractivity contribution in [3.63, 3.8) is 0 Å². The van der Waals surface area contributed by atoms with E-state index in [1.54, 1.807) is 11.3 Å². The number of likely N-dealkylation sites (N-methyl/N-ethyl adjacent to an activating group) is 1. The molecule has 2 heterocycles. The number of rotatable bonds is 5. The molecule has 0 amide bonds. The average Bonchev–Trinajstić information content (AvgIpc) is 2.82. The lowest BCUT2D eigenvalue weighted by Gasteiger charge is -2.40. The van der Waals surface area contributed by atoms with Crippen LogP contribution in [0.4, 0.5) is 0 Å². The van der Waals surface area contributed by atoms with E-state index in [1.165, 1.54) is 17.8 Å². The lowest BCUT2D eigenvalue weighted by Crippen LogP contribution is -2.53. The van der Waals surface area contributed by atoms with Gasteiger partial charge in [-0.15, -0.1) is 11.3 Å². The molecule has 1 fully saturated rings. The van der Waals surface area contributed by atoms with E-state index in [2.05, 4.69) is 24.1 Å². The maximum absolute atomic E-state index is 6.04. The molecule has 96 valence electrons. The molecule has 2 rings (SSSR count). The van der Waals surface area contributed by atoms with Crippen LogP contribution in [0.5, 0.6) is 0 Å². The Morgan fingerprint density at radius 2 is 2.47 bits per heavy atom. The highest BCUT2D eigenvalue weighted by Crippen LogP contribution is 2.29. The first-order valence-corrected chi connectivity index (χ1v) is 7.38. The van der Waals surface area contributed by atoms with Crippen molar-refractivity contribution in [2.75, 3.05) is 13.2 Å². The molecule has 1 aliphatic heterocycles. The minimum atomic E-state index is -0.0278. The third-order valence-electron chi connectivity index (χ3n) is 3.55. The maximum Gasteiger partial charge on any atom is 0.0941 e. The predicted molar refractivity (Wildman–Crippen MR) is 71.5 cm³/mol. The zero-order valence-corrected chi connectivity index (χ0v) is 11.6. The smallest absolute Gasteiger partial charge is 0.0941 e. The Labute approximate surface area is 108 Å². The van der Waals surface area contributed by atoms with Crippen LogP contribution in [0, 0.1) is 0 Å². The van der Waals surface area contributed by atoms with Crippen LogP contribution in [-0.4, -0.2) is 29.8 Å². The summed E-state index contributed by atoms with van der Waals surface area (Å²) in [6.45, 7) is 6.28. The first-order valence-electron chi connectivity index (χ1n) is 6.50. The summed E-state index contributed by atoms with van der Waals surface area (Å²) in [4.78, 5) is 4.39. The van der Waals surface area contributed by atoms with Crippen molar-refractivity contribution in [1.82, 2.24) is 10.3 Å². The monoisotopic (exact) mass is 254 g/mol. The fourth-order valence-corrected chi connectivity index (χ4v) is 3.17. The molecule has 0 spiro atoms. The highest BCUT2D eigenvalue weighted by molar-refractivity contribution is 7.09. The van der Waals surface area contributed by atoms with Crippen LogP contribution in [0.3, 0.4) is 0 Å². The zero-order valence-electron chi connectivity index (χ0n) is 10.7. The normalized spacial score (nSPS) is 26.9. The second-order valence-electron chi connectivity index (χ2n) is 4.86. The average molecular weight is 254 g/mol. The summed E-state index contributed by atoms with van der Waals surface area (Å²) < 4.78 is 6.04. The summed E-state index contributed by atoms with van der Waals surface area (Å²) in [6, 6.07) is 0.374. The van der Waals surface area contributed by atoms with Crippen molar-refractivity contribution in [2.24, 2.45) is 0 Å². The third-order valence-corrected chi connectivity index (χ3v) is 4.35. The van der Waals surface area contributed by atoms with Crippen LogP contribution in [0.1, 0.15) is 38.1 Å². The second-order valence-corrected chi connectivity index (χ2v) is 5.84. The van der Waals surface area contributed by atoms with Crippen molar-refractivity contribution in [3.8, 4) is 0 Å². The molecule has 1 aliphatic rings. The molecular formula is C13H22N2OS. The fourth-order valence-electron chi connectivity index (χ4n) is 2.51. The minimum Gasteiger partial charge on any atom is -0.374 e. The van der Waals surface area contributed by atoms with Gasteiger partial charge in [0.15, 0.2) is 0 Å². The number of hydrogen-bond acceptors (Lipinski definition) is 4. The zero-order chi connectivity index (χ0) is 12.1. The number of aromatic nitrogens is 1. The molecule has 2 unspecified atom stereocenters. The molecule has 3 nitrogen and oxygen atoms in total. The van der Waals surface area contributed by atoms with Gasteiger partial charge < -0.3 is 10.1 Å². The maximum atomic E-state index is 6.04. The number of ether oxygens (including phenoxy) is 1. The SMILES string of the molecule is CCNC(Cc1nccs1)C1(C)CCCCO1. The Hall–Kier alpha value is -0.450. The van der Waals surface area contributed by atoms with E-state index < -0.39 is 0 Å². The van der Waals surface area contributed by atoms with E-state index in [4.69, 9.17) is 4.74 Å². The standard InChI is InChI=1S/C13H22N2OS/c1-3-14-11(10-12-15-7-9-17-12)13(2)6-4-5-8-16-13/h7,9,11,14H,3-6,8,10H2,1-2H3. The third kappa shape index (κ3) is 3.27. The van der Waals surface area contributed by atoms with E-state index in [0.717, 1.165) is 26.0 Å². The molecule has 0 bridgehead atoms. The van der Waals surface area contributed by atoms with Gasteiger partial charge in [-0.2, -0.15) is 0 Å². The first kappa shape index (κ1) is 13.0. The molecule has 1 aromatic heterocycles. The van der Waals surface area contributed by atoms with Crippen molar-refractivity contribution in [1.29, 1.82) is 0 Å². The van der Waals surface area contributed by atoms with Gasteiger partial charge >= 0.3 is 0 Å². The van der Waals surface area contributed by atoms with E-state index in [0.29, 0.717) is 6.04 Å². The minimum absolute atomic E-state index is 0.0278. The quantitative estimate of drug-likeness (QED) is 0.877. The topological polar surface area (TPSA) is 34.2 Å². The molecule has 0 aliphatic carbocycles. The number of nitrogens with zero attached hydrogens (tertiary/aromatic N) is 1. The molecule has 4 heteroatoms. The van der Waals surface area contributed by atoms with E-state index in [1.807, 2.05) is 11.6 Å². The van der Waals surface area contributed by atoms with Gasteiger partial charge in [0.1, 0.15) is 0 Å². The summed E-state index contributed by atoms with van der Waals surface area (Å²) in [7, 11) is 0. The highest BCUT2D eigenvalue weighted by Gasteiger charge is 2.36. The summed E-state index contributed by atoms with van der Waals surface area (Å²) in [5, 5.41) is 6.82. The highest BCUT2D eigenvalue weighted by atomic mass is 32.1. The summed E-state index contributed by atoms with van der Waals surface area (Å²) in [5.41, 5.74) is -0.0278. The number of nitrogens with one attached hydrogen (secondary N) is 1. The van der Waals surface area contributed by atoms with Crippen LogP contribution in [0.15, 0.2) is 11.6 Å². The first-order chi connectivity index (χ1) is 8.24. The Morgan fingerprint density at radius 1 is 1.59 bits per heavy atom. The largest absolute Gasteiger partial charge is 0.374 e. The molecular weight excluding hydrogens is 232 g/mol. The molecule has 17 heavy (non-hydrogen) atoms. The molecule has 0 radical (unpaired) electrons. The van der Waals surface area contributed by atoms with E-state index >= 15 is 0 Å². The van der Waals surface area contributed by atoms with Crippen molar-refractivity contribution in [2.45, 2.75) is 51.2 Å². The summed E-state index contributed by atoms with van der Waals surface area (Å²) in [5.74, 6) is 0. The second kappa shape index (κ2) is 5.94. The lowest BCUT2D eigenvalue weighted by atomic mass is 9.86. The van der Waals surface area contributed by atoms with E-state index in [9.17, 15) is 0 Å². The van der Waals surface area contributed by atoms with Crippen molar-refractivity contribution >= 4 is 11.3 Å². The van der Waals surface area contributed by atoms with E-state index in [-0.39, 0.29) is 5.60 Å². The van der Waals surface area contributed by atoms with Gasteiger partial charge in [-0.25, -0.2) is 4.98 Å². The Morgan fingerprint density at radius 3 is 3.06 bits per heavy atom. The molecule has 0 saturated carbocycles. The molecule has 0 aromatic carbocycles. The molecule has 1 aromatic rings. The van der Waals surface area contributed by atoms with Gasteiger partial charge in [0.25, 0.3) is 0 Å². The van der Waals surface area contributed by atoms with Gasteiger partial charge in [-0.1, -0.05) is 6.92 Å². The Kier molecular flexibility index (Phi) is 4.54.